The molecule has 4 rings (SSSR count). The number of aryl methyl sites for hydroxylation is 2. The number of nitrogens with two attached hydrogens (primary N) is 1. The summed E-state index contributed by atoms with van der Waals surface area (Å²) < 4.78 is 2.92. The van der Waals surface area contributed by atoms with Crippen LogP contribution in [0.2, 0.25) is 0 Å². The fourth-order valence-electron chi connectivity index (χ4n) is 3.13. The predicted molar refractivity (Wildman–Crippen MR) is 94.0 cm³/mol. The van der Waals surface area contributed by atoms with Gasteiger partial charge in [-0.25, -0.2) is 9.67 Å². The molecular weight excluding hydrogens is 308 g/mol. The number of aromatic nitrogens is 4. The molecule has 6 nitrogen and oxygen atoms in total. The van der Waals surface area contributed by atoms with Crippen molar-refractivity contribution in [1.29, 1.82) is 0 Å². The minimum atomic E-state index is 0.394. The topological polar surface area (TPSA) is 72.9 Å². The van der Waals surface area contributed by atoms with Gasteiger partial charge in [-0.3, -0.25) is 0 Å². The number of fused-ring (bicyclic) bond motifs is 1. The van der Waals surface area contributed by atoms with Crippen LogP contribution in [0.1, 0.15) is 30.1 Å². The van der Waals surface area contributed by atoms with E-state index < -0.39 is 0 Å². The Balaban J connectivity index is 1.51. The zero-order chi connectivity index (χ0) is 16.0. The Bertz CT molecular complexity index is 824. The number of hydrogen-bond donors (Lipinski definition) is 1. The van der Waals surface area contributed by atoms with Gasteiger partial charge in [-0.2, -0.15) is 10.1 Å². The van der Waals surface area contributed by atoms with E-state index >= 15 is 0 Å². The van der Waals surface area contributed by atoms with Gasteiger partial charge in [-0.1, -0.05) is 23.5 Å². The molecule has 0 amide bonds. The number of piperidine rings is 1. The Kier molecular flexibility index (Phi) is 3.45. The number of rotatable bonds is 2. The van der Waals surface area contributed by atoms with Gasteiger partial charge in [-0.15, -0.1) is 0 Å². The normalized spacial score (nSPS) is 16.3. The average Bonchev–Trinajstić information content (AvgIpc) is 3.13. The molecule has 1 aliphatic rings. The summed E-state index contributed by atoms with van der Waals surface area (Å²) in [6.07, 6.45) is 2.08. The van der Waals surface area contributed by atoms with Crippen LogP contribution in [0.15, 0.2) is 18.2 Å². The second-order valence-electron chi connectivity index (χ2n) is 6.13. The molecule has 2 N–H and O–H groups in total. The molecule has 7 heteroatoms. The molecule has 0 unspecified atom stereocenters. The van der Waals surface area contributed by atoms with Crippen molar-refractivity contribution in [2.45, 2.75) is 25.7 Å². The summed E-state index contributed by atoms with van der Waals surface area (Å²) in [5, 5.41) is 5.55. The first-order valence-electron chi connectivity index (χ1n) is 7.89. The van der Waals surface area contributed by atoms with E-state index in [4.69, 9.17) is 10.7 Å². The molecule has 1 aromatic carbocycles. The first-order valence-corrected chi connectivity index (χ1v) is 8.71. The molecule has 0 saturated carbocycles. The Morgan fingerprint density at radius 2 is 2.00 bits per heavy atom. The fourth-order valence-corrected chi connectivity index (χ4v) is 4.22. The molecular formula is C16H20N6S. The maximum atomic E-state index is 5.79. The van der Waals surface area contributed by atoms with Gasteiger partial charge in [0.2, 0.25) is 5.95 Å². The Morgan fingerprint density at radius 3 is 2.65 bits per heavy atom. The van der Waals surface area contributed by atoms with Crippen LogP contribution in [0.5, 0.6) is 0 Å². The van der Waals surface area contributed by atoms with Gasteiger partial charge in [0, 0.05) is 26.1 Å². The predicted octanol–water partition coefficient (Wildman–Crippen LogP) is 2.70. The zero-order valence-electron chi connectivity index (χ0n) is 13.4. The minimum absolute atomic E-state index is 0.394. The average molecular weight is 328 g/mol. The zero-order valence-corrected chi connectivity index (χ0v) is 14.2. The third-order valence-electron chi connectivity index (χ3n) is 4.55. The smallest absolute Gasteiger partial charge is 0.218 e. The lowest BCUT2D eigenvalue weighted by Gasteiger charge is -2.30. The summed E-state index contributed by atoms with van der Waals surface area (Å²) in [4.78, 5) is 11.6. The van der Waals surface area contributed by atoms with E-state index in [9.17, 15) is 0 Å². The molecule has 3 aromatic rings. The Hall–Kier alpha value is -2.15. The summed E-state index contributed by atoms with van der Waals surface area (Å²) >= 11 is 1.78. The highest BCUT2D eigenvalue weighted by atomic mass is 32.1. The van der Waals surface area contributed by atoms with Crippen LogP contribution in [0.4, 0.5) is 11.1 Å². The highest BCUT2D eigenvalue weighted by Gasteiger charge is 2.25. The number of anilines is 2. The third-order valence-corrected chi connectivity index (χ3v) is 5.63. The van der Waals surface area contributed by atoms with E-state index in [1.807, 2.05) is 7.05 Å². The van der Waals surface area contributed by atoms with Gasteiger partial charge >= 0.3 is 0 Å². The molecule has 3 heterocycles. The number of benzene rings is 1. The lowest BCUT2D eigenvalue weighted by atomic mass is 9.96. The second-order valence-corrected chi connectivity index (χ2v) is 7.14. The molecule has 0 atom stereocenters. The van der Waals surface area contributed by atoms with E-state index in [-0.39, 0.29) is 0 Å². The SMILES string of the molecule is Cc1cccc2sc(N3CCC(c4nc(N)n(C)n4)CC3)nc12. The molecule has 0 bridgehead atoms. The van der Waals surface area contributed by atoms with Crippen molar-refractivity contribution >= 4 is 32.6 Å². The molecule has 1 fully saturated rings. The maximum Gasteiger partial charge on any atom is 0.218 e. The van der Waals surface area contributed by atoms with E-state index in [0.29, 0.717) is 11.9 Å². The summed E-state index contributed by atoms with van der Waals surface area (Å²) in [6.45, 7) is 4.10. The molecule has 1 aliphatic heterocycles. The largest absolute Gasteiger partial charge is 0.368 e. The van der Waals surface area contributed by atoms with Crippen LogP contribution in [-0.4, -0.2) is 32.8 Å². The van der Waals surface area contributed by atoms with E-state index in [1.165, 1.54) is 10.3 Å². The summed E-state index contributed by atoms with van der Waals surface area (Å²) in [7, 11) is 1.84. The lowest BCUT2D eigenvalue weighted by molar-refractivity contribution is 0.483. The number of nitrogen functional groups attached to an aromatic ring is 1. The number of para-hydroxylation sites is 1. The van der Waals surface area contributed by atoms with Gasteiger partial charge in [0.05, 0.1) is 10.2 Å². The summed E-state index contributed by atoms with van der Waals surface area (Å²) in [5.41, 5.74) is 8.17. The Morgan fingerprint density at radius 1 is 1.22 bits per heavy atom. The standard InChI is InChI=1S/C16H20N6S/c1-10-4-3-5-12-13(10)18-16(23-12)22-8-6-11(7-9-22)14-19-15(17)21(2)20-14/h3-5,11H,6-9H2,1-2H3,(H2,17,19,20). The fraction of sp³-hybridized carbons (Fsp3) is 0.438. The first kappa shape index (κ1) is 14.4. The molecule has 120 valence electrons. The Labute approximate surface area is 139 Å². The van der Waals surface area contributed by atoms with Crippen LogP contribution >= 0.6 is 11.3 Å². The second kappa shape index (κ2) is 5.49. The van der Waals surface area contributed by atoms with Gasteiger partial charge in [-0.05, 0) is 31.4 Å². The van der Waals surface area contributed by atoms with E-state index in [2.05, 4.69) is 40.1 Å². The van der Waals surface area contributed by atoms with Crippen molar-refractivity contribution in [3.63, 3.8) is 0 Å². The maximum absolute atomic E-state index is 5.79. The molecule has 1 saturated heterocycles. The quantitative estimate of drug-likeness (QED) is 0.783. The molecule has 0 radical (unpaired) electrons. The van der Waals surface area contributed by atoms with Gasteiger partial charge in [0.15, 0.2) is 11.0 Å². The lowest BCUT2D eigenvalue weighted by Crippen LogP contribution is -2.33. The highest BCUT2D eigenvalue weighted by molar-refractivity contribution is 7.22. The van der Waals surface area contributed by atoms with Crippen molar-refractivity contribution in [3.05, 3.63) is 29.6 Å². The first-order chi connectivity index (χ1) is 11.1. The van der Waals surface area contributed by atoms with Crippen LogP contribution < -0.4 is 10.6 Å². The molecule has 0 aliphatic carbocycles. The van der Waals surface area contributed by atoms with Crippen molar-refractivity contribution < 1.29 is 0 Å². The third kappa shape index (κ3) is 2.55. The van der Waals surface area contributed by atoms with E-state index in [0.717, 1.165) is 42.4 Å². The summed E-state index contributed by atoms with van der Waals surface area (Å²) in [6, 6.07) is 6.37. The van der Waals surface area contributed by atoms with Crippen molar-refractivity contribution in [1.82, 2.24) is 19.7 Å². The van der Waals surface area contributed by atoms with Crippen molar-refractivity contribution in [2.24, 2.45) is 7.05 Å². The van der Waals surface area contributed by atoms with Gasteiger partial charge < -0.3 is 10.6 Å². The number of nitrogens with zero attached hydrogens (tertiary/aromatic N) is 5. The molecule has 23 heavy (non-hydrogen) atoms. The number of hydrogen-bond acceptors (Lipinski definition) is 6. The molecule has 2 aromatic heterocycles. The number of thiazole rings is 1. The van der Waals surface area contributed by atoms with Crippen molar-refractivity contribution in [3.8, 4) is 0 Å². The van der Waals surface area contributed by atoms with Crippen LogP contribution in [-0.2, 0) is 7.05 Å². The van der Waals surface area contributed by atoms with Crippen LogP contribution in [0, 0.1) is 6.92 Å². The summed E-state index contributed by atoms with van der Waals surface area (Å²) in [5.74, 6) is 1.76. The van der Waals surface area contributed by atoms with Gasteiger partial charge in [0.25, 0.3) is 0 Å². The minimum Gasteiger partial charge on any atom is -0.368 e. The van der Waals surface area contributed by atoms with Crippen LogP contribution in [0.25, 0.3) is 10.2 Å². The van der Waals surface area contributed by atoms with Crippen LogP contribution in [0.3, 0.4) is 0 Å². The monoisotopic (exact) mass is 328 g/mol. The van der Waals surface area contributed by atoms with Gasteiger partial charge in [0.1, 0.15) is 0 Å². The highest BCUT2D eigenvalue weighted by Crippen LogP contribution is 2.34. The van der Waals surface area contributed by atoms with Crippen molar-refractivity contribution in [2.75, 3.05) is 23.7 Å². The van der Waals surface area contributed by atoms with E-state index in [1.54, 1.807) is 16.0 Å². The molecule has 0 spiro atoms.